The molecule has 5 nitrogen and oxygen atoms in total. The fraction of sp³-hybridized carbons (Fsp3) is 0.368. The molecule has 1 N–H and O–H groups in total. The topological polar surface area (TPSA) is 47.7 Å². The summed E-state index contributed by atoms with van der Waals surface area (Å²) in [6, 6.07) is 7.29. The second kappa shape index (κ2) is 5.68. The maximum atomic E-state index is 4.86. The molecule has 0 radical (unpaired) electrons. The van der Waals surface area contributed by atoms with E-state index in [1.165, 1.54) is 39.6 Å². The minimum absolute atomic E-state index is 0.540. The molecule has 1 fully saturated rings. The van der Waals surface area contributed by atoms with Gasteiger partial charge in [0.15, 0.2) is 0 Å². The highest BCUT2D eigenvalue weighted by molar-refractivity contribution is 7.21. The number of hydrogen-bond donors (Lipinski definition) is 1. The third-order valence-corrected chi connectivity index (χ3v) is 6.18. The van der Waals surface area contributed by atoms with Crippen LogP contribution in [0.25, 0.3) is 31.6 Å². The predicted octanol–water partition coefficient (Wildman–Crippen LogP) is 3.88. The molecule has 0 saturated carbocycles. The van der Waals surface area contributed by atoms with Crippen LogP contribution in [0.5, 0.6) is 0 Å². The molecule has 5 rings (SSSR count). The molecule has 1 aromatic carbocycles. The molecular weight excluding hydrogens is 330 g/mol. The molecule has 25 heavy (non-hydrogen) atoms. The molecule has 0 atom stereocenters. The molecule has 4 heterocycles. The van der Waals surface area contributed by atoms with Crippen LogP contribution < -0.4 is 5.32 Å². The van der Waals surface area contributed by atoms with Crippen molar-refractivity contribution in [1.82, 2.24) is 24.9 Å². The van der Waals surface area contributed by atoms with E-state index >= 15 is 0 Å². The fourth-order valence-electron chi connectivity index (χ4n) is 3.81. The predicted molar refractivity (Wildman–Crippen MR) is 103 cm³/mol. The summed E-state index contributed by atoms with van der Waals surface area (Å²) in [7, 11) is 1.97. The average molecular weight is 351 g/mol. The number of rotatable bonds is 2. The molecule has 0 bridgehead atoms. The van der Waals surface area contributed by atoms with Gasteiger partial charge < -0.3 is 5.32 Å². The molecule has 3 aromatic heterocycles. The Morgan fingerprint density at radius 2 is 1.92 bits per heavy atom. The van der Waals surface area contributed by atoms with Gasteiger partial charge in [0.25, 0.3) is 0 Å². The van der Waals surface area contributed by atoms with Crippen LogP contribution in [-0.2, 0) is 7.05 Å². The molecule has 1 aliphatic rings. The molecule has 0 spiro atoms. The smallest absolute Gasteiger partial charge is 0.146 e. The van der Waals surface area contributed by atoms with E-state index in [9.17, 15) is 0 Å². The maximum Gasteiger partial charge on any atom is 0.146 e. The zero-order chi connectivity index (χ0) is 17.0. The van der Waals surface area contributed by atoms with Gasteiger partial charge in [-0.1, -0.05) is 0 Å². The van der Waals surface area contributed by atoms with E-state index in [4.69, 9.17) is 5.10 Å². The Morgan fingerprint density at radius 1 is 1.08 bits per heavy atom. The summed E-state index contributed by atoms with van der Waals surface area (Å²) in [4.78, 5) is 2.42. The maximum absolute atomic E-state index is 4.86. The molecule has 1 saturated heterocycles. The SMILES string of the molecule is Cc1cc(-c2cc3cn(C4CCNCC4)nc3s2)cc2cn(C)nc12. The number of nitrogens with zero attached hydrogens (tertiary/aromatic N) is 4. The van der Waals surface area contributed by atoms with Gasteiger partial charge in [0.1, 0.15) is 4.83 Å². The Kier molecular flexibility index (Phi) is 3.43. The summed E-state index contributed by atoms with van der Waals surface area (Å²) >= 11 is 1.78. The van der Waals surface area contributed by atoms with Crippen LogP contribution in [0.1, 0.15) is 24.4 Å². The van der Waals surface area contributed by atoms with E-state index in [0.29, 0.717) is 6.04 Å². The fourth-order valence-corrected chi connectivity index (χ4v) is 4.81. The normalized spacial score (nSPS) is 16.2. The van der Waals surface area contributed by atoms with Crippen LogP contribution in [0, 0.1) is 6.92 Å². The highest BCUT2D eigenvalue weighted by Gasteiger charge is 2.18. The summed E-state index contributed by atoms with van der Waals surface area (Å²) in [5, 5.41) is 15.3. The Morgan fingerprint density at radius 3 is 2.72 bits per heavy atom. The Bertz CT molecular complexity index is 1030. The van der Waals surface area contributed by atoms with E-state index < -0.39 is 0 Å². The van der Waals surface area contributed by atoms with Crippen molar-refractivity contribution >= 4 is 32.5 Å². The number of aryl methyl sites for hydroxylation is 2. The number of aromatic nitrogens is 4. The summed E-state index contributed by atoms with van der Waals surface area (Å²) in [5.41, 5.74) is 3.57. The summed E-state index contributed by atoms with van der Waals surface area (Å²) < 4.78 is 4.07. The van der Waals surface area contributed by atoms with Crippen LogP contribution in [0.2, 0.25) is 0 Å². The molecule has 128 valence electrons. The lowest BCUT2D eigenvalue weighted by Crippen LogP contribution is -2.29. The van der Waals surface area contributed by atoms with Gasteiger partial charge in [-0.2, -0.15) is 10.2 Å². The quantitative estimate of drug-likeness (QED) is 0.596. The van der Waals surface area contributed by atoms with Gasteiger partial charge in [-0.05, 0) is 62.2 Å². The third-order valence-electron chi connectivity index (χ3n) is 5.10. The lowest BCUT2D eigenvalue weighted by Gasteiger charge is -2.22. The van der Waals surface area contributed by atoms with E-state index in [1.54, 1.807) is 11.3 Å². The van der Waals surface area contributed by atoms with Gasteiger partial charge >= 0.3 is 0 Å². The number of nitrogens with one attached hydrogen (secondary N) is 1. The average Bonchev–Trinajstić information content (AvgIpc) is 3.27. The number of thiophene rings is 1. The van der Waals surface area contributed by atoms with E-state index in [2.05, 4.69) is 52.6 Å². The van der Waals surface area contributed by atoms with Crippen molar-refractivity contribution in [3.8, 4) is 10.4 Å². The largest absolute Gasteiger partial charge is 0.317 e. The van der Waals surface area contributed by atoms with Crippen molar-refractivity contribution in [3.05, 3.63) is 36.2 Å². The van der Waals surface area contributed by atoms with Crippen molar-refractivity contribution < 1.29 is 0 Å². The number of fused-ring (bicyclic) bond motifs is 2. The third kappa shape index (κ3) is 2.56. The second-order valence-corrected chi connectivity index (χ2v) is 8.03. The van der Waals surface area contributed by atoms with Crippen LogP contribution >= 0.6 is 11.3 Å². The lowest BCUT2D eigenvalue weighted by atomic mass is 10.1. The van der Waals surface area contributed by atoms with Gasteiger partial charge in [0, 0.05) is 35.1 Å². The Hall–Kier alpha value is -2.18. The highest BCUT2D eigenvalue weighted by Crippen LogP contribution is 2.36. The van der Waals surface area contributed by atoms with Crippen molar-refractivity contribution in [2.75, 3.05) is 13.1 Å². The van der Waals surface area contributed by atoms with Crippen molar-refractivity contribution in [3.63, 3.8) is 0 Å². The standard InChI is InChI=1S/C19H21N5S/c1-12-7-13(8-14-10-23(2)21-18(12)14)17-9-15-11-24(22-19(15)25-17)16-3-5-20-6-4-16/h7-11,16,20H,3-6H2,1-2H3. The van der Waals surface area contributed by atoms with Crippen molar-refractivity contribution in [1.29, 1.82) is 0 Å². The number of hydrogen-bond acceptors (Lipinski definition) is 4. The van der Waals surface area contributed by atoms with E-state index in [1.807, 2.05) is 11.7 Å². The van der Waals surface area contributed by atoms with Gasteiger partial charge in [0.05, 0.1) is 11.6 Å². The first-order valence-corrected chi connectivity index (χ1v) is 9.63. The van der Waals surface area contributed by atoms with Gasteiger partial charge in [0.2, 0.25) is 0 Å². The lowest BCUT2D eigenvalue weighted by molar-refractivity contribution is 0.345. The number of piperidine rings is 1. The van der Waals surface area contributed by atoms with Crippen molar-refractivity contribution in [2.45, 2.75) is 25.8 Å². The van der Waals surface area contributed by atoms with Crippen LogP contribution in [0.3, 0.4) is 0 Å². The van der Waals surface area contributed by atoms with Crippen molar-refractivity contribution in [2.24, 2.45) is 7.05 Å². The zero-order valence-electron chi connectivity index (χ0n) is 14.5. The Balaban J connectivity index is 1.53. The van der Waals surface area contributed by atoms with Crippen LogP contribution in [-0.4, -0.2) is 32.7 Å². The Labute approximate surface area is 150 Å². The first-order valence-electron chi connectivity index (χ1n) is 8.81. The molecule has 0 aliphatic carbocycles. The summed E-state index contributed by atoms with van der Waals surface area (Å²) in [6.45, 7) is 4.32. The minimum Gasteiger partial charge on any atom is -0.317 e. The second-order valence-electron chi connectivity index (χ2n) is 7.00. The van der Waals surface area contributed by atoms with Gasteiger partial charge in [-0.25, -0.2) is 0 Å². The molecule has 0 amide bonds. The first-order chi connectivity index (χ1) is 12.2. The highest BCUT2D eigenvalue weighted by atomic mass is 32.1. The molecule has 6 heteroatoms. The first kappa shape index (κ1) is 15.1. The summed E-state index contributed by atoms with van der Waals surface area (Å²) in [6.07, 6.45) is 6.64. The van der Waals surface area contributed by atoms with E-state index in [-0.39, 0.29) is 0 Å². The zero-order valence-corrected chi connectivity index (χ0v) is 15.3. The van der Waals surface area contributed by atoms with Crippen LogP contribution in [0.15, 0.2) is 30.6 Å². The molecule has 1 aliphatic heterocycles. The van der Waals surface area contributed by atoms with Gasteiger partial charge in [-0.3, -0.25) is 9.36 Å². The van der Waals surface area contributed by atoms with E-state index in [0.717, 1.165) is 23.4 Å². The minimum atomic E-state index is 0.540. The molecular formula is C19H21N5S. The molecule has 0 unspecified atom stereocenters. The monoisotopic (exact) mass is 351 g/mol. The van der Waals surface area contributed by atoms with Crippen LogP contribution in [0.4, 0.5) is 0 Å². The van der Waals surface area contributed by atoms with Gasteiger partial charge in [-0.15, -0.1) is 11.3 Å². The molecule has 4 aromatic rings. The summed E-state index contributed by atoms with van der Waals surface area (Å²) in [5.74, 6) is 0. The number of benzene rings is 1.